The Hall–Kier alpha value is -0.700. The van der Waals surface area contributed by atoms with E-state index in [2.05, 4.69) is 0 Å². The summed E-state index contributed by atoms with van der Waals surface area (Å²) in [5.74, 6) is -0.466. The maximum atomic E-state index is 12.3. The summed E-state index contributed by atoms with van der Waals surface area (Å²) in [7, 11) is -0.162. The second kappa shape index (κ2) is 7.35. The number of methoxy groups -OCH3 is 1. The number of likely N-dealkylation sites (N-methyl/N-ethyl adjacent to an activating group) is 1. The molecule has 0 bridgehead atoms. The molecular formula is C12H24N2O5S. The first kappa shape index (κ1) is 17.4. The number of piperidine rings is 1. The minimum atomic E-state index is -3.26. The highest BCUT2D eigenvalue weighted by Gasteiger charge is 2.32. The van der Waals surface area contributed by atoms with Gasteiger partial charge in [-0.25, -0.2) is 12.7 Å². The van der Waals surface area contributed by atoms with Gasteiger partial charge in [0.05, 0.1) is 24.9 Å². The molecule has 0 saturated carbocycles. The Morgan fingerprint density at radius 2 is 2.20 bits per heavy atom. The molecule has 0 aliphatic carbocycles. The van der Waals surface area contributed by atoms with Crippen LogP contribution in [0.15, 0.2) is 0 Å². The topological polar surface area (TPSA) is 87.2 Å². The standard InChI is InChI=1S/C12H24N2O5S/c1-13(8-11(15)9-19-2)12(16)10-5-4-6-14(7-10)20(3,17)18/h10-11,15H,4-9H2,1-3H3. The predicted molar refractivity (Wildman–Crippen MR) is 74.7 cm³/mol. The molecule has 1 aliphatic rings. The Morgan fingerprint density at radius 3 is 2.75 bits per heavy atom. The van der Waals surface area contributed by atoms with Crippen LogP contribution < -0.4 is 0 Å². The van der Waals surface area contributed by atoms with E-state index >= 15 is 0 Å². The number of hydrogen-bond donors (Lipinski definition) is 1. The summed E-state index contributed by atoms with van der Waals surface area (Å²) in [6.07, 6.45) is 1.78. The molecular weight excluding hydrogens is 284 g/mol. The molecule has 0 aromatic heterocycles. The first-order valence-electron chi connectivity index (χ1n) is 6.62. The highest BCUT2D eigenvalue weighted by Crippen LogP contribution is 2.20. The van der Waals surface area contributed by atoms with Crippen molar-refractivity contribution in [3.8, 4) is 0 Å². The lowest BCUT2D eigenvalue weighted by atomic mass is 9.98. The van der Waals surface area contributed by atoms with E-state index in [0.717, 1.165) is 6.26 Å². The minimum Gasteiger partial charge on any atom is -0.389 e. The molecule has 1 saturated heterocycles. The SMILES string of the molecule is COCC(O)CN(C)C(=O)C1CCCN(S(C)(=O)=O)C1. The number of aliphatic hydroxyl groups is 1. The molecule has 2 unspecified atom stereocenters. The van der Waals surface area contributed by atoms with E-state index < -0.39 is 16.1 Å². The molecule has 1 aliphatic heterocycles. The van der Waals surface area contributed by atoms with Crippen LogP contribution in [0.4, 0.5) is 0 Å². The highest BCUT2D eigenvalue weighted by molar-refractivity contribution is 7.88. The molecule has 7 nitrogen and oxygen atoms in total. The molecule has 0 aromatic rings. The largest absolute Gasteiger partial charge is 0.389 e. The Bertz CT molecular complexity index is 426. The van der Waals surface area contributed by atoms with Crippen LogP contribution in [0, 0.1) is 5.92 Å². The first-order chi connectivity index (χ1) is 9.25. The fraction of sp³-hybridized carbons (Fsp3) is 0.917. The number of hydrogen-bond acceptors (Lipinski definition) is 5. The van der Waals surface area contributed by atoms with Crippen molar-refractivity contribution in [2.45, 2.75) is 18.9 Å². The fourth-order valence-corrected chi connectivity index (χ4v) is 3.32. The quantitative estimate of drug-likeness (QED) is 0.689. The number of nitrogens with zero attached hydrogens (tertiary/aromatic N) is 2. The summed E-state index contributed by atoms with van der Waals surface area (Å²) >= 11 is 0. The molecule has 2 atom stereocenters. The van der Waals surface area contributed by atoms with Gasteiger partial charge in [0.15, 0.2) is 0 Å². The van der Waals surface area contributed by atoms with Crippen molar-refractivity contribution < 1.29 is 23.1 Å². The molecule has 118 valence electrons. The van der Waals surface area contributed by atoms with Gasteiger partial charge in [0.1, 0.15) is 0 Å². The van der Waals surface area contributed by atoms with Crippen LogP contribution in [0.3, 0.4) is 0 Å². The van der Waals surface area contributed by atoms with Gasteiger partial charge in [-0.15, -0.1) is 0 Å². The third kappa shape index (κ3) is 5.01. The molecule has 1 heterocycles. The van der Waals surface area contributed by atoms with Gasteiger partial charge in [-0.1, -0.05) is 0 Å². The lowest BCUT2D eigenvalue weighted by molar-refractivity contribution is -0.137. The van der Waals surface area contributed by atoms with Gasteiger partial charge in [-0.2, -0.15) is 0 Å². The summed E-state index contributed by atoms with van der Waals surface area (Å²) in [5.41, 5.74) is 0. The third-order valence-electron chi connectivity index (χ3n) is 3.42. The fourth-order valence-electron chi connectivity index (χ4n) is 2.41. The van der Waals surface area contributed by atoms with E-state index in [0.29, 0.717) is 19.4 Å². The first-order valence-corrected chi connectivity index (χ1v) is 8.47. The second-order valence-corrected chi connectivity index (χ2v) is 7.27. The van der Waals surface area contributed by atoms with Gasteiger partial charge >= 0.3 is 0 Å². The van der Waals surface area contributed by atoms with Crippen LogP contribution in [0.25, 0.3) is 0 Å². The summed E-state index contributed by atoms with van der Waals surface area (Å²) in [4.78, 5) is 13.7. The molecule has 1 fully saturated rings. The number of rotatable bonds is 6. The van der Waals surface area contributed by atoms with Gasteiger partial charge in [-0.05, 0) is 12.8 Å². The monoisotopic (exact) mass is 308 g/mol. The molecule has 8 heteroatoms. The molecule has 0 aromatic carbocycles. The van der Waals surface area contributed by atoms with Crippen molar-refractivity contribution in [3.63, 3.8) is 0 Å². The van der Waals surface area contributed by atoms with Crippen molar-refractivity contribution in [1.82, 2.24) is 9.21 Å². The van der Waals surface area contributed by atoms with Crippen LogP contribution in [-0.2, 0) is 19.6 Å². The summed E-state index contributed by atoms with van der Waals surface area (Å²) < 4.78 is 29.2. The lowest BCUT2D eigenvalue weighted by Crippen LogP contribution is -2.47. The van der Waals surface area contributed by atoms with Crippen LogP contribution >= 0.6 is 0 Å². The third-order valence-corrected chi connectivity index (χ3v) is 4.69. The Labute approximate surface area is 120 Å². The highest BCUT2D eigenvalue weighted by atomic mass is 32.2. The molecule has 1 rings (SSSR count). The Morgan fingerprint density at radius 1 is 1.55 bits per heavy atom. The summed E-state index contributed by atoms with van der Waals surface area (Å²) in [6.45, 7) is 1.04. The van der Waals surface area contributed by atoms with Gasteiger partial charge in [-0.3, -0.25) is 4.79 Å². The Kier molecular flexibility index (Phi) is 6.38. The van der Waals surface area contributed by atoms with Crippen LogP contribution in [0.5, 0.6) is 0 Å². The molecule has 1 N–H and O–H groups in total. The second-order valence-electron chi connectivity index (χ2n) is 5.29. The molecule has 20 heavy (non-hydrogen) atoms. The number of carbonyl (C=O) groups is 1. The van der Waals surface area contributed by atoms with Gasteiger partial charge in [0, 0.05) is 33.8 Å². The zero-order chi connectivity index (χ0) is 15.3. The number of carbonyl (C=O) groups excluding carboxylic acids is 1. The van der Waals surface area contributed by atoms with Crippen LogP contribution in [0.1, 0.15) is 12.8 Å². The van der Waals surface area contributed by atoms with E-state index in [-0.39, 0.29) is 31.5 Å². The zero-order valence-corrected chi connectivity index (χ0v) is 13.1. The summed E-state index contributed by atoms with van der Waals surface area (Å²) in [6, 6.07) is 0. The lowest BCUT2D eigenvalue weighted by Gasteiger charge is -2.33. The Balaban J connectivity index is 2.58. The maximum absolute atomic E-state index is 12.3. The van der Waals surface area contributed by atoms with Crippen LogP contribution in [-0.4, -0.2) is 81.4 Å². The van der Waals surface area contributed by atoms with E-state index in [4.69, 9.17) is 4.74 Å². The molecule has 1 amide bonds. The smallest absolute Gasteiger partial charge is 0.226 e. The van der Waals surface area contributed by atoms with Crippen LogP contribution in [0.2, 0.25) is 0 Å². The normalized spacial score (nSPS) is 22.5. The van der Waals surface area contributed by atoms with Crippen molar-refractivity contribution in [2.24, 2.45) is 5.92 Å². The van der Waals surface area contributed by atoms with Crippen molar-refractivity contribution in [2.75, 3.05) is 46.7 Å². The number of sulfonamides is 1. The minimum absolute atomic E-state index is 0.131. The van der Waals surface area contributed by atoms with Crippen molar-refractivity contribution in [3.05, 3.63) is 0 Å². The number of aliphatic hydroxyl groups excluding tert-OH is 1. The average Bonchev–Trinajstić information content (AvgIpc) is 2.37. The van der Waals surface area contributed by atoms with E-state index in [1.165, 1.54) is 16.3 Å². The molecule has 0 spiro atoms. The van der Waals surface area contributed by atoms with Crippen molar-refractivity contribution in [1.29, 1.82) is 0 Å². The number of amides is 1. The predicted octanol–water partition coefficient (Wildman–Crippen LogP) is -0.876. The average molecular weight is 308 g/mol. The van der Waals surface area contributed by atoms with E-state index in [9.17, 15) is 18.3 Å². The maximum Gasteiger partial charge on any atom is 0.226 e. The van der Waals surface area contributed by atoms with E-state index in [1.807, 2.05) is 0 Å². The van der Waals surface area contributed by atoms with Crippen molar-refractivity contribution >= 4 is 15.9 Å². The van der Waals surface area contributed by atoms with Gasteiger partial charge < -0.3 is 14.7 Å². The number of ether oxygens (including phenoxy) is 1. The van der Waals surface area contributed by atoms with Gasteiger partial charge in [0.2, 0.25) is 15.9 Å². The van der Waals surface area contributed by atoms with E-state index in [1.54, 1.807) is 7.05 Å². The van der Waals surface area contributed by atoms with Gasteiger partial charge in [0.25, 0.3) is 0 Å². The summed E-state index contributed by atoms with van der Waals surface area (Å²) in [5, 5.41) is 9.62. The molecule has 0 radical (unpaired) electrons. The zero-order valence-electron chi connectivity index (χ0n) is 12.3.